The standard InChI is InChI=1S/C21H23FN4O3S/c1-13-7-15(26-30(3,4)27)9-17-19(13)20(24-12-23-17)25-16-6-5-14(22)8-18(16)29-21(2)10-28-11-21/h5-9,12H,3,10-11H2,1-2,4H3,(H,26,27)(H,23,24,25). The molecule has 1 saturated heterocycles. The van der Waals surface area contributed by atoms with Crippen LogP contribution in [0.25, 0.3) is 10.9 Å². The maximum atomic E-state index is 13.9. The Labute approximate surface area is 174 Å². The molecule has 1 aliphatic rings. The van der Waals surface area contributed by atoms with Crippen LogP contribution in [0, 0.1) is 12.7 Å². The molecule has 0 amide bonds. The number of aryl methyl sites for hydroxylation is 1. The van der Waals surface area contributed by atoms with Crippen LogP contribution in [0.1, 0.15) is 12.5 Å². The normalized spacial score (nSPS) is 17.1. The first kappa shape index (κ1) is 20.4. The Balaban J connectivity index is 1.73. The fourth-order valence-electron chi connectivity index (χ4n) is 3.32. The summed E-state index contributed by atoms with van der Waals surface area (Å²) in [5.74, 6) is 4.17. The van der Waals surface area contributed by atoms with Crippen LogP contribution in [0.15, 0.2) is 36.7 Å². The number of hydrogen-bond donors (Lipinski definition) is 2. The number of aromatic nitrogens is 2. The van der Waals surface area contributed by atoms with Gasteiger partial charge >= 0.3 is 0 Å². The largest absolute Gasteiger partial charge is 0.480 e. The first-order valence-corrected chi connectivity index (χ1v) is 11.4. The highest BCUT2D eigenvalue weighted by atomic mass is 32.2. The maximum Gasteiger partial charge on any atom is 0.153 e. The van der Waals surface area contributed by atoms with Gasteiger partial charge in [-0.3, -0.25) is 0 Å². The highest BCUT2D eigenvalue weighted by molar-refractivity contribution is 8.00. The van der Waals surface area contributed by atoms with Gasteiger partial charge in [0.1, 0.15) is 23.7 Å². The number of benzene rings is 2. The van der Waals surface area contributed by atoms with Crippen LogP contribution in [0.2, 0.25) is 0 Å². The highest BCUT2D eigenvalue weighted by Gasteiger charge is 2.36. The monoisotopic (exact) mass is 430 g/mol. The first-order valence-electron chi connectivity index (χ1n) is 9.31. The third kappa shape index (κ3) is 4.31. The average Bonchev–Trinajstić information content (AvgIpc) is 2.61. The third-order valence-electron chi connectivity index (χ3n) is 4.64. The summed E-state index contributed by atoms with van der Waals surface area (Å²) < 4.78 is 40.0. The molecule has 1 aromatic heterocycles. The lowest BCUT2D eigenvalue weighted by molar-refractivity contribution is -0.149. The van der Waals surface area contributed by atoms with Crippen molar-refractivity contribution < 1.29 is 18.1 Å². The van der Waals surface area contributed by atoms with Crippen molar-refractivity contribution in [1.29, 1.82) is 0 Å². The lowest BCUT2D eigenvalue weighted by atomic mass is 10.1. The van der Waals surface area contributed by atoms with Crippen molar-refractivity contribution in [2.45, 2.75) is 19.4 Å². The summed E-state index contributed by atoms with van der Waals surface area (Å²) in [6, 6.07) is 7.97. The van der Waals surface area contributed by atoms with Crippen LogP contribution in [0.5, 0.6) is 5.75 Å². The molecule has 30 heavy (non-hydrogen) atoms. The van der Waals surface area contributed by atoms with Crippen molar-refractivity contribution in [1.82, 2.24) is 9.97 Å². The predicted molar refractivity (Wildman–Crippen MR) is 119 cm³/mol. The number of hydrogen-bond acceptors (Lipinski definition) is 6. The maximum absolute atomic E-state index is 13.9. The molecule has 0 spiro atoms. The van der Waals surface area contributed by atoms with E-state index < -0.39 is 21.1 Å². The number of fused-ring (bicyclic) bond motifs is 1. The predicted octanol–water partition coefficient (Wildman–Crippen LogP) is 3.66. The SMILES string of the molecule is C=S(C)(=O)Nc1cc(C)c2c(Nc3ccc(F)cc3OC3(C)COC3)ncnc2c1. The summed E-state index contributed by atoms with van der Waals surface area (Å²) in [7, 11) is -2.42. The average molecular weight is 431 g/mol. The Morgan fingerprint density at radius 3 is 2.70 bits per heavy atom. The van der Waals surface area contributed by atoms with Gasteiger partial charge in [-0.15, -0.1) is 0 Å². The Bertz CT molecular complexity index is 1230. The summed E-state index contributed by atoms with van der Waals surface area (Å²) in [6.45, 7) is 4.72. The van der Waals surface area contributed by atoms with Gasteiger partial charge in [0.2, 0.25) is 0 Å². The van der Waals surface area contributed by atoms with Gasteiger partial charge in [-0.1, -0.05) is 0 Å². The van der Waals surface area contributed by atoms with E-state index >= 15 is 0 Å². The van der Waals surface area contributed by atoms with E-state index in [2.05, 4.69) is 25.9 Å². The molecule has 7 nitrogen and oxygen atoms in total. The van der Waals surface area contributed by atoms with E-state index in [-0.39, 0.29) is 0 Å². The smallest absolute Gasteiger partial charge is 0.153 e. The van der Waals surface area contributed by atoms with Gasteiger partial charge in [0.15, 0.2) is 5.60 Å². The van der Waals surface area contributed by atoms with E-state index in [9.17, 15) is 8.60 Å². The summed E-state index contributed by atoms with van der Waals surface area (Å²) in [6.07, 6.45) is 2.97. The summed E-state index contributed by atoms with van der Waals surface area (Å²) >= 11 is 0. The molecule has 1 aliphatic heterocycles. The van der Waals surface area contributed by atoms with Gasteiger partial charge in [0.05, 0.1) is 24.4 Å². The van der Waals surface area contributed by atoms with Gasteiger partial charge in [-0.25, -0.2) is 18.6 Å². The molecular formula is C21H23FN4O3S. The third-order valence-corrected chi connectivity index (χ3v) is 5.30. The van der Waals surface area contributed by atoms with Crippen LogP contribution in [0.4, 0.5) is 21.6 Å². The highest BCUT2D eigenvalue weighted by Crippen LogP contribution is 2.35. The lowest BCUT2D eigenvalue weighted by Gasteiger charge is -2.38. The van der Waals surface area contributed by atoms with E-state index in [1.807, 2.05) is 19.9 Å². The molecule has 0 radical (unpaired) electrons. The second-order valence-corrected chi connectivity index (χ2v) is 10.0. The van der Waals surface area contributed by atoms with Crippen LogP contribution in [0.3, 0.4) is 0 Å². The second-order valence-electron chi connectivity index (χ2n) is 7.83. The van der Waals surface area contributed by atoms with Gasteiger partial charge in [0, 0.05) is 33.1 Å². The van der Waals surface area contributed by atoms with Crippen molar-refractivity contribution >= 4 is 43.7 Å². The van der Waals surface area contributed by atoms with E-state index in [1.54, 1.807) is 12.1 Å². The molecule has 2 N–H and O–H groups in total. The van der Waals surface area contributed by atoms with E-state index in [0.29, 0.717) is 41.7 Å². The molecule has 9 heteroatoms. The quantitative estimate of drug-likeness (QED) is 0.581. The van der Waals surface area contributed by atoms with Crippen molar-refractivity contribution in [2.75, 3.05) is 29.5 Å². The molecule has 0 bridgehead atoms. The van der Waals surface area contributed by atoms with Gasteiger partial charge in [0.25, 0.3) is 0 Å². The van der Waals surface area contributed by atoms with Crippen molar-refractivity contribution in [3.8, 4) is 5.75 Å². The minimum Gasteiger partial charge on any atom is -0.480 e. The zero-order valence-electron chi connectivity index (χ0n) is 17.0. The van der Waals surface area contributed by atoms with Gasteiger partial charge < -0.3 is 19.5 Å². The molecule has 2 heterocycles. The van der Waals surface area contributed by atoms with E-state index in [1.165, 1.54) is 24.7 Å². The van der Waals surface area contributed by atoms with Crippen LogP contribution >= 0.6 is 0 Å². The molecule has 158 valence electrons. The van der Waals surface area contributed by atoms with E-state index in [0.717, 1.165) is 10.9 Å². The number of ether oxygens (including phenoxy) is 2. The van der Waals surface area contributed by atoms with Crippen molar-refractivity contribution in [2.24, 2.45) is 0 Å². The molecular weight excluding hydrogens is 407 g/mol. The van der Waals surface area contributed by atoms with Crippen LogP contribution in [-0.2, 0) is 14.4 Å². The van der Waals surface area contributed by atoms with E-state index in [4.69, 9.17) is 9.47 Å². The minimum atomic E-state index is -2.42. The molecule has 2 aromatic carbocycles. The molecule has 3 aromatic rings. The lowest BCUT2D eigenvalue weighted by Crippen LogP contribution is -2.51. The fourth-order valence-corrected chi connectivity index (χ4v) is 3.94. The van der Waals surface area contributed by atoms with Crippen LogP contribution in [-0.4, -0.2) is 45.1 Å². The first-order chi connectivity index (χ1) is 14.1. The molecule has 0 saturated carbocycles. The Morgan fingerprint density at radius 2 is 2.03 bits per heavy atom. The van der Waals surface area contributed by atoms with Crippen LogP contribution < -0.4 is 14.8 Å². The van der Waals surface area contributed by atoms with Gasteiger partial charge in [-0.2, -0.15) is 0 Å². The molecule has 0 aliphatic carbocycles. The molecule has 1 fully saturated rings. The topological polar surface area (TPSA) is 85.4 Å². The Morgan fingerprint density at radius 1 is 1.27 bits per heavy atom. The summed E-state index contributed by atoms with van der Waals surface area (Å²) in [5.41, 5.74) is 2.31. The second kappa shape index (κ2) is 7.41. The summed E-state index contributed by atoms with van der Waals surface area (Å²) in [4.78, 5) is 8.72. The number of anilines is 3. The summed E-state index contributed by atoms with van der Waals surface area (Å²) in [5, 5.41) is 4.04. The Kier molecular flexibility index (Phi) is 5.03. The minimum absolute atomic E-state index is 0.381. The number of halogens is 1. The zero-order chi connectivity index (χ0) is 21.5. The fraction of sp³-hybridized carbons (Fsp3) is 0.286. The van der Waals surface area contributed by atoms with Crippen molar-refractivity contribution in [3.63, 3.8) is 0 Å². The van der Waals surface area contributed by atoms with Crippen molar-refractivity contribution in [3.05, 3.63) is 48.0 Å². The number of rotatable bonds is 6. The molecule has 1 atom stereocenters. The number of nitrogens with zero attached hydrogens (tertiary/aromatic N) is 2. The molecule has 4 rings (SSSR count). The van der Waals surface area contributed by atoms with Gasteiger partial charge in [-0.05, 0) is 49.5 Å². The number of nitrogens with one attached hydrogen (secondary N) is 2. The zero-order valence-corrected chi connectivity index (χ0v) is 17.8. The molecule has 1 unspecified atom stereocenters. The Hall–Kier alpha value is -2.91.